The highest BCUT2D eigenvalue weighted by Gasteiger charge is 2.02. The summed E-state index contributed by atoms with van der Waals surface area (Å²) in [7, 11) is 1.82. The van der Waals surface area contributed by atoms with Crippen molar-refractivity contribution in [2.75, 3.05) is 5.88 Å². The third kappa shape index (κ3) is 3.73. The molecule has 0 saturated carbocycles. The molecule has 0 aliphatic rings. The first-order valence-corrected chi connectivity index (χ1v) is 6.36. The van der Waals surface area contributed by atoms with Gasteiger partial charge in [0.25, 0.3) is 0 Å². The Morgan fingerprint density at radius 1 is 1.42 bits per heavy atom. The average Bonchev–Trinajstić information content (AvgIpc) is 2.81. The molecule has 0 bridgehead atoms. The number of halogens is 1. The van der Waals surface area contributed by atoms with Gasteiger partial charge < -0.3 is 4.74 Å². The fourth-order valence-electron chi connectivity index (χ4n) is 1.61. The zero-order chi connectivity index (χ0) is 13.7. The Bertz CT molecular complexity index is 625. The van der Waals surface area contributed by atoms with Crippen LogP contribution in [0.3, 0.4) is 0 Å². The van der Waals surface area contributed by atoms with Crippen LogP contribution in [0.2, 0.25) is 0 Å². The molecule has 2 aromatic rings. The molecule has 0 fully saturated rings. The minimum atomic E-state index is 0.338. The lowest BCUT2D eigenvalue weighted by Crippen LogP contribution is -1.96. The van der Waals surface area contributed by atoms with Crippen molar-refractivity contribution in [2.45, 2.75) is 13.5 Å². The number of nitrogens with zero attached hydrogens (tertiary/aromatic N) is 3. The molecular formula is C14H14ClN3O. The molecule has 5 heteroatoms. The van der Waals surface area contributed by atoms with Gasteiger partial charge in [0.1, 0.15) is 18.1 Å². The lowest BCUT2D eigenvalue weighted by atomic mass is 10.1. The predicted octanol–water partition coefficient (Wildman–Crippen LogP) is 2.29. The standard InChI is InChI=1S/C14H14ClN3O/c1-11-8-14(6-5-12(11)4-3-7-15)19-10-13-9-18(2)17-16-13/h5-6,8-9H,7,10H2,1-2H3. The minimum absolute atomic E-state index is 0.338. The molecule has 1 aromatic carbocycles. The van der Waals surface area contributed by atoms with Crippen molar-refractivity contribution in [2.24, 2.45) is 7.05 Å². The van der Waals surface area contributed by atoms with Gasteiger partial charge in [-0.05, 0) is 30.7 Å². The van der Waals surface area contributed by atoms with E-state index >= 15 is 0 Å². The molecule has 0 radical (unpaired) electrons. The number of benzene rings is 1. The van der Waals surface area contributed by atoms with Gasteiger partial charge in [0.2, 0.25) is 0 Å². The summed E-state index contributed by atoms with van der Waals surface area (Å²) in [6.07, 6.45) is 1.83. The Morgan fingerprint density at radius 3 is 2.89 bits per heavy atom. The van der Waals surface area contributed by atoms with E-state index in [1.807, 2.05) is 38.4 Å². The lowest BCUT2D eigenvalue weighted by molar-refractivity contribution is 0.301. The number of hydrogen-bond acceptors (Lipinski definition) is 3. The van der Waals surface area contributed by atoms with Crippen molar-refractivity contribution in [1.82, 2.24) is 15.0 Å². The Labute approximate surface area is 117 Å². The largest absolute Gasteiger partial charge is 0.487 e. The Balaban J connectivity index is 2.03. The topological polar surface area (TPSA) is 39.9 Å². The van der Waals surface area contributed by atoms with Gasteiger partial charge in [-0.1, -0.05) is 17.1 Å². The first kappa shape index (κ1) is 13.4. The minimum Gasteiger partial charge on any atom is -0.487 e. The third-order valence-corrected chi connectivity index (χ3v) is 2.66. The van der Waals surface area contributed by atoms with Gasteiger partial charge in [-0.3, -0.25) is 4.68 Å². The van der Waals surface area contributed by atoms with Crippen molar-refractivity contribution in [3.8, 4) is 17.6 Å². The fraction of sp³-hybridized carbons (Fsp3) is 0.286. The maximum atomic E-state index is 5.66. The van der Waals surface area contributed by atoms with E-state index in [1.165, 1.54) is 0 Å². The summed E-state index contributed by atoms with van der Waals surface area (Å²) in [6.45, 7) is 2.40. The van der Waals surface area contributed by atoms with Crippen LogP contribution in [0, 0.1) is 18.8 Å². The molecule has 0 amide bonds. The van der Waals surface area contributed by atoms with Gasteiger partial charge in [0, 0.05) is 12.6 Å². The smallest absolute Gasteiger partial charge is 0.134 e. The van der Waals surface area contributed by atoms with Crippen molar-refractivity contribution >= 4 is 11.6 Å². The first-order chi connectivity index (χ1) is 9.19. The quantitative estimate of drug-likeness (QED) is 0.637. The highest BCUT2D eigenvalue weighted by molar-refractivity contribution is 6.19. The van der Waals surface area contributed by atoms with Crippen LogP contribution in [0.25, 0.3) is 0 Å². The van der Waals surface area contributed by atoms with Gasteiger partial charge in [0.15, 0.2) is 0 Å². The number of alkyl halides is 1. The first-order valence-electron chi connectivity index (χ1n) is 5.82. The van der Waals surface area contributed by atoms with Crippen LogP contribution in [-0.4, -0.2) is 20.9 Å². The summed E-state index contributed by atoms with van der Waals surface area (Å²) >= 11 is 5.54. The predicted molar refractivity (Wildman–Crippen MR) is 74.1 cm³/mol. The SMILES string of the molecule is Cc1cc(OCc2cn(C)nn2)ccc1C#CCCl. The second kappa shape index (κ2) is 6.26. The molecule has 4 nitrogen and oxygen atoms in total. The van der Waals surface area contributed by atoms with E-state index in [0.29, 0.717) is 12.5 Å². The van der Waals surface area contributed by atoms with E-state index < -0.39 is 0 Å². The van der Waals surface area contributed by atoms with Crippen LogP contribution < -0.4 is 4.74 Å². The number of rotatable bonds is 3. The summed E-state index contributed by atoms with van der Waals surface area (Å²) in [5, 5.41) is 7.81. The molecule has 1 aromatic heterocycles. The van der Waals surface area contributed by atoms with E-state index in [1.54, 1.807) is 4.68 Å². The molecule has 0 saturated heterocycles. The van der Waals surface area contributed by atoms with Crippen LogP contribution >= 0.6 is 11.6 Å². The van der Waals surface area contributed by atoms with Crippen LogP contribution in [0.1, 0.15) is 16.8 Å². The van der Waals surface area contributed by atoms with E-state index in [4.69, 9.17) is 16.3 Å². The van der Waals surface area contributed by atoms with Crippen LogP contribution in [0.4, 0.5) is 0 Å². The second-order valence-electron chi connectivity index (χ2n) is 4.08. The van der Waals surface area contributed by atoms with E-state index in [9.17, 15) is 0 Å². The normalized spacial score (nSPS) is 9.84. The highest BCUT2D eigenvalue weighted by Crippen LogP contribution is 2.17. The molecule has 98 valence electrons. The van der Waals surface area contributed by atoms with Gasteiger partial charge in [0.05, 0.1) is 12.1 Å². The number of hydrogen-bond donors (Lipinski definition) is 0. The Hall–Kier alpha value is -1.99. The summed E-state index contributed by atoms with van der Waals surface area (Å²) in [6, 6.07) is 5.77. The Kier molecular flexibility index (Phi) is 4.43. The highest BCUT2D eigenvalue weighted by atomic mass is 35.5. The fourth-order valence-corrected chi connectivity index (χ4v) is 1.68. The second-order valence-corrected chi connectivity index (χ2v) is 4.35. The molecule has 0 unspecified atom stereocenters. The van der Waals surface area contributed by atoms with Crippen molar-refractivity contribution in [3.05, 3.63) is 41.2 Å². The maximum Gasteiger partial charge on any atom is 0.134 e. The molecule has 2 rings (SSSR count). The molecule has 19 heavy (non-hydrogen) atoms. The molecular weight excluding hydrogens is 262 g/mol. The zero-order valence-electron chi connectivity index (χ0n) is 10.9. The van der Waals surface area contributed by atoms with E-state index in [-0.39, 0.29) is 0 Å². The summed E-state index contributed by atoms with van der Waals surface area (Å²) < 4.78 is 7.30. The summed E-state index contributed by atoms with van der Waals surface area (Å²) in [5.41, 5.74) is 2.83. The summed E-state index contributed by atoms with van der Waals surface area (Å²) in [5.74, 6) is 6.97. The third-order valence-electron chi connectivity index (χ3n) is 2.52. The lowest BCUT2D eigenvalue weighted by Gasteiger charge is -2.06. The van der Waals surface area contributed by atoms with E-state index in [2.05, 4.69) is 22.2 Å². The van der Waals surface area contributed by atoms with Crippen LogP contribution in [0.5, 0.6) is 5.75 Å². The monoisotopic (exact) mass is 275 g/mol. The zero-order valence-corrected chi connectivity index (χ0v) is 11.6. The number of aryl methyl sites for hydroxylation is 2. The molecule has 0 aliphatic carbocycles. The average molecular weight is 276 g/mol. The molecule has 0 atom stereocenters. The van der Waals surface area contributed by atoms with Gasteiger partial charge in [-0.15, -0.1) is 16.7 Å². The van der Waals surface area contributed by atoms with Crippen molar-refractivity contribution < 1.29 is 4.74 Å². The Morgan fingerprint density at radius 2 is 2.26 bits per heavy atom. The van der Waals surface area contributed by atoms with Gasteiger partial charge in [-0.2, -0.15) is 0 Å². The van der Waals surface area contributed by atoms with E-state index in [0.717, 1.165) is 22.6 Å². The molecule has 0 aliphatic heterocycles. The molecule has 1 heterocycles. The van der Waals surface area contributed by atoms with Crippen molar-refractivity contribution in [3.63, 3.8) is 0 Å². The molecule has 0 N–H and O–H groups in total. The van der Waals surface area contributed by atoms with Crippen LogP contribution in [-0.2, 0) is 13.7 Å². The van der Waals surface area contributed by atoms with Gasteiger partial charge in [-0.25, -0.2) is 0 Å². The van der Waals surface area contributed by atoms with Crippen molar-refractivity contribution in [1.29, 1.82) is 0 Å². The van der Waals surface area contributed by atoms with Gasteiger partial charge >= 0.3 is 0 Å². The maximum absolute atomic E-state index is 5.66. The van der Waals surface area contributed by atoms with Crippen LogP contribution in [0.15, 0.2) is 24.4 Å². The summed E-state index contributed by atoms with van der Waals surface area (Å²) in [4.78, 5) is 0. The number of aromatic nitrogens is 3. The molecule has 0 spiro atoms. The number of ether oxygens (including phenoxy) is 1.